The fourth-order valence-electron chi connectivity index (χ4n) is 2.21. The number of amides is 2. The first kappa shape index (κ1) is 7.86. The molecule has 2 aliphatic heterocycles. The van der Waals surface area contributed by atoms with Gasteiger partial charge in [-0.05, 0) is 13.0 Å². The monoisotopic (exact) mass is 169 g/mol. The maximum Gasteiger partial charge on any atom is 0.320 e. The molecule has 0 aromatic heterocycles. The summed E-state index contributed by atoms with van der Waals surface area (Å²) >= 11 is 0. The van der Waals surface area contributed by atoms with Crippen LogP contribution in [-0.2, 0) is 0 Å². The average Bonchev–Trinajstić information content (AvgIpc) is 2.33. The first-order valence-electron chi connectivity index (χ1n) is 4.42. The minimum absolute atomic E-state index is 0.161. The number of piperidine rings is 1. The molecule has 2 fully saturated rings. The van der Waals surface area contributed by atoms with Crippen molar-refractivity contribution in [1.82, 2.24) is 15.1 Å². The van der Waals surface area contributed by atoms with Gasteiger partial charge in [0.15, 0.2) is 0 Å². The molecule has 2 aliphatic rings. The second-order valence-electron chi connectivity index (χ2n) is 3.63. The molecule has 0 aliphatic carbocycles. The summed E-state index contributed by atoms with van der Waals surface area (Å²) in [5, 5.41) is 3.31. The summed E-state index contributed by atoms with van der Waals surface area (Å²) in [7, 11) is 3.78. The van der Waals surface area contributed by atoms with Crippen molar-refractivity contribution < 1.29 is 4.79 Å². The standard InChI is InChI=1S/C8H15N3O/c1-10-6-3-4-9-5-7(6)11(2)8(10)12/h6-7,9H,3-5H2,1-2H3. The Labute approximate surface area is 72.5 Å². The van der Waals surface area contributed by atoms with Crippen LogP contribution in [-0.4, -0.2) is 55.1 Å². The highest BCUT2D eigenvalue weighted by Gasteiger charge is 2.42. The van der Waals surface area contributed by atoms with Gasteiger partial charge in [-0.25, -0.2) is 4.79 Å². The molecule has 12 heavy (non-hydrogen) atoms. The lowest BCUT2D eigenvalue weighted by Crippen LogP contribution is -2.48. The fourth-order valence-corrected chi connectivity index (χ4v) is 2.21. The summed E-state index contributed by atoms with van der Waals surface area (Å²) in [6.07, 6.45) is 1.08. The molecule has 4 heteroatoms. The van der Waals surface area contributed by atoms with E-state index in [1.807, 2.05) is 23.9 Å². The maximum atomic E-state index is 11.5. The summed E-state index contributed by atoms with van der Waals surface area (Å²) in [5.41, 5.74) is 0. The van der Waals surface area contributed by atoms with Gasteiger partial charge in [0.1, 0.15) is 0 Å². The smallest absolute Gasteiger partial charge is 0.320 e. The number of carbonyl (C=O) groups excluding carboxylic acids is 1. The zero-order chi connectivity index (χ0) is 8.72. The van der Waals surface area contributed by atoms with E-state index in [2.05, 4.69) is 5.32 Å². The predicted octanol–water partition coefficient (Wildman–Crippen LogP) is -0.286. The number of urea groups is 1. The average molecular weight is 169 g/mol. The second kappa shape index (κ2) is 2.62. The van der Waals surface area contributed by atoms with E-state index in [9.17, 15) is 4.79 Å². The van der Waals surface area contributed by atoms with Crippen LogP contribution in [0.4, 0.5) is 4.79 Å². The van der Waals surface area contributed by atoms with Gasteiger partial charge in [0, 0.05) is 20.6 Å². The van der Waals surface area contributed by atoms with Crippen molar-refractivity contribution in [3.63, 3.8) is 0 Å². The van der Waals surface area contributed by atoms with Gasteiger partial charge < -0.3 is 15.1 Å². The van der Waals surface area contributed by atoms with Crippen molar-refractivity contribution in [1.29, 1.82) is 0 Å². The van der Waals surface area contributed by atoms with Crippen LogP contribution in [0.15, 0.2) is 0 Å². The van der Waals surface area contributed by atoms with Gasteiger partial charge in [-0.3, -0.25) is 0 Å². The highest BCUT2D eigenvalue weighted by molar-refractivity contribution is 5.77. The molecular weight excluding hydrogens is 154 g/mol. The van der Waals surface area contributed by atoms with Gasteiger partial charge in [-0.2, -0.15) is 0 Å². The van der Waals surface area contributed by atoms with Crippen molar-refractivity contribution in [3.8, 4) is 0 Å². The van der Waals surface area contributed by atoms with Crippen LogP contribution < -0.4 is 5.32 Å². The van der Waals surface area contributed by atoms with Crippen LogP contribution in [0.2, 0.25) is 0 Å². The van der Waals surface area contributed by atoms with E-state index >= 15 is 0 Å². The van der Waals surface area contributed by atoms with Crippen molar-refractivity contribution in [2.75, 3.05) is 27.2 Å². The molecule has 1 N–H and O–H groups in total. The van der Waals surface area contributed by atoms with Gasteiger partial charge in [-0.15, -0.1) is 0 Å². The van der Waals surface area contributed by atoms with Crippen molar-refractivity contribution in [2.24, 2.45) is 0 Å². The van der Waals surface area contributed by atoms with E-state index in [-0.39, 0.29) is 6.03 Å². The van der Waals surface area contributed by atoms with Crippen LogP contribution in [0.1, 0.15) is 6.42 Å². The zero-order valence-corrected chi connectivity index (χ0v) is 7.58. The van der Waals surface area contributed by atoms with E-state index in [1.54, 1.807) is 0 Å². The van der Waals surface area contributed by atoms with Gasteiger partial charge in [0.05, 0.1) is 12.1 Å². The number of hydrogen-bond donors (Lipinski definition) is 1. The fraction of sp³-hybridized carbons (Fsp3) is 0.875. The molecule has 2 rings (SSSR count). The topological polar surface area (TPSA) is 35.6 Å². The number of nitrogens with one attached hydrogen (secondary N) is 1. The molecule has 2 atom stereocenters. The lowest BCUT2D eigenvalue weighted by Gasteiger charge is -2.30. The third-order valence-corrected chi connectivity index (χ3v) is 3.01. The molecule has 2 saturated heterocycles. The number of fused-ring (bicyclic) bond motifs is 1. The van der Waals surface area contributed by atoms with Crippen molar-refractivity contribution in [3.05, 3.63) is 0 Å². The van der Waals surface area contributed by atoms with Crippen LogP contribution in [0.25, 0.3) is 0 Å². The molecule has 0 aromatic carbocycles. The highest BCUT2D eigenvalue weighted by Crippen LogP contribution is 2.23. The Balaban J connectivity index is 2.19. The lowest BCUT2D eigenvalue weighted by molar-refractivity contribution is 0.200. The quantitative estimate of drug-likeness (QED) is 0.541. The Morgan fingerprint density at radius 2 is 2.00 bits per heavy atom. The first-order valence-corrected chi connectivity index (χ1v) is 4.42. The van der Waals surface area contributed by atoms with Crippen LogP contribution in [0, 0.1) is 0 Å². The number of likely N-dealkylation sites (N-methyl/N-ethyl adjacent to an activating group) is 2. The Bertz CT molecular complexity index is 186. The highest BCUT2D eigenvalue weighted by atomic mass is 16.2. The molecule has 0 spiro atoms. The molecule has 2 amide bonds. The molecule has 2 unspecified atom stereocenters. The van der Waals surface area contributed by atoms with Crippen LogP contribution >= 0.6 is 0 Å². The minimum atomic E-state index is 0.161. The Morgan fingerprint density at radius 1 is 1.33 bits per heavy atom. The second-order valence-corrected chi connectivity index (χ2v) is 3.63. The van der Waals surface area contributed by atoms with E-state index < -0.39 is 0 Å². The summed E-state index contributed by atoms with van der Waals surface area (Å²) in [4.78, 5) is 15.2. The van der Waals surface area contributed by atoms with Crippen LogP contribution in [0.5, 0.6) is 0 Å². The third kappa shape index (κ3) is 0.909. The SMILES string of the molecule is CN1C(=O)N(C)C2CNCCC21. The van der Waals surface area contributed by atoms with E-state index in [0.29, 0.717) is 12.1 Å². The molecule has 0 saturated carbocycles. The molecule has 2 heterocycles. The molecular formula is C8H15N3O. The summed E-state index contributed by atoms with van der Waals surface area (Å²) < 4.78 is 0. The van der Waals surface area contributed by atoms with Gasteiger partial charge >= 0.3 is 6.03 Å². The summed E-state index contributed by atoms with van der Waals surface area (Å²) in [6, 6.07) is 0.980. The van der Waals surface area contributed by atoms with Crippen LogP contribution in [0.3, 0.4) is 0 Å². The number of rotatable bonds is 0. The third-order valence-electron chi connectivity index (χ3n) is 3.01. The Hall–Kier alpha value is -0.770. The number of hydrogen-bond acceptors (Lipinski definition) is 2. The van der Waals surface area contributed by atoms with Gasteiger partial charge in [0.2, 0.25) is 0 Å². The normalized spacial score (nSPS) is 35.7. The number of carbonyl (C=O) groups is 1. The Kier molecular flexibility index (Phi) is 1.72. The lowest BCUT2D eigenvalue weighted by atomic mass is 10.0. The molecule has 0 radical (unpaired) electrons. The zero-order valence-electron chi connectivity index (χ0n) is 7.58. The maximum absolute atomic E-state index is 11.5. The predicted molar refractivity (Wildman–Crippen MR) is 46.0 cm³/mol. The van der Waals surface area contributed by atoms with E-state index in [1.165, 1.54) is 0 Å². The molecule has 68 valence electrons. The largest absolute Gasteiger partial charge is 0.323 e. The van der Waals surface area contributed by atoms with Gasteiger partial charge in [-0.1, -0.05) is 0 Å². The summed E-state index contributed by atoms with van der Waals surface area (Å²) in [5.74, 6) is 0. The Morgan fingerprint density at radius 3 is 2.67 bits per heavy atom. The minimum Gasteiger partial charge on any atom is -0.323 e. The van der Waals surface area contributed by atoms with Gasteiger partial charge in [0.25, 0.3) is 0 Å². The van der Waals surface area contributed by atoms with E-state index in [0.717, 1.165) is 19.5 Å². The van der Waals surface area contributed by atoms with Crippen molar-refractivity contribution in [2.45, 2.75) is 18.5 Å². The molecule has 0 bridgehead atoms. The van der Waals surface area contributed by atoms with E-state index in [4.69, 9.17) is 0 Å². The molecule has 4 nitrogen and oxygen atoms in total. The molecule has 0 aromatic rings. The number of nitrogens with zero attached hydrogens (tertiary/aromatic N) is 2. The first-order chi connectivity index (χ1) is 5.72. The van der Waals surface area contributed by atoms with Crippen molar-refractivity contribution >= 4 is 6.03 Å². The summed E-state index contributed by atoms with van der Waals surface area (Å²) in [6.45, 7) is 1.98.